The summed E-state index contributed by atoms with van der Waals surface area (Å²) in [5.41, 5.74) is 3.02. The van der Waals surface area contributed by atoms with Crippen LogP contribution in [-0.2, 0) is 14.8 Å². The van der Waals surface area contributed by atoms with Gasteiger partial charge in [0, 0.05) is 5.69 Å². The molecule has 1 aliphatic heterocycles. The summed E-state index contributed by atoms with van der Waals surface area (Å²) in [7, 11) is -3.86. The van der Waals surface area contributed by atoms with Crippen LogP contribution in [0.2, 0.25) is 0 Å². The van der Waals surface area contributed by atoms with Gasteiger partial charge in [0.2, 0.25) is 0 Å². The first-order valence-corrected chi connectivity index (χ1v) is 11.0. The maximum Gasteiger partial charge on any atom is 0.267 e. The standard InChI is InChI=1S/C23H22N2O4S/c1-16-12-13-17(2)19(14-16)24-23(26)22-15-25(20-10-6-7-11-21(20)29-22)30(27,28)18-8-4-3-5-9-18/h3-14,22H,15H2,1-2H3,(H,24,26)/t22-/m0/s1. The van der Waals surface area contributed by atoms with E-state index < -0.39 is 22.0 Å². The number of fused-ring (bicyclic) bond motifs is 1. The monoisotopic (exact) mass is 422 g/mol. The first kappa shape index (κ1) is 20.0. The second kappa shape index (κ2) is 7.84. The van der Waals surface area contributed by atoms with E-state index in [1.54, 1.807) is 54.6 Å². The Morgan fingerprint density at radius 1 is 1.00 bits per heavy atom. The van der Waals surface area contributed by atoms with Gasteiger partial charge in [-0.1, -0.05) is 42.5 Å². The summed E-state index contributed by atoms with van der Waals surface area (Å²) in [4.78, 5) is 13.2. The number of carbonyl (C=O) groups excluding carboxylic acids is 1. The molecular formula is C23H22N2O4S. The smallest absolute Gasteiger partial charge is 0.267 e. The minimum atomic E-state index is -3.86. The van der Waals surface area contributed by atoms with Crippen LogP contribution in [0.25, 0.3) is 0 Å². The van der Waals surface area contributed by atoms with E-state index in [9.17, 15) is 13.2 Å². The Bertz CT molecular complexity index is 1190. The second-order valence-corrected chi connectivity index (χ2v) is 9.09. The largest absolute Gasteiger partial charge is 0.476 e. The average Bonchev–Trinajstić information content (AvgIpc) is 2.76. The Balaban J connectivity index is 1.68. The van der Waals surface area contributed by atoms with Gasteiger partial charge in [0.1, 0.15) is 5.75 Å². The summed E-state index contributed by atoms with van der Waals surface area (Å²) < 4.78 is 33.8. The van der Waals surface area contributed by atoms with Gasteiger partial charge in [0.25, 0.3) is 15.9 Å². The van der Waals surface area contributed by atoms with Crippen molar-refractivity contribution in [2.24, 2.45) is 0 Å². The van der Waals surface area contributed by atoms with Gasteiger partial charge >= 0.3 is 0 Å². The molecule has 0 fully saturated rings. The zero-order valence-electron chi connectivity index (χ0n) is 16.7. The number of rotatable bonds is 4. The summed E-state index contributed by atoms with van der Waals surface area (Å²) in [5, 5.41) is 2.88. The highest BCUT2D eigenvalue weighted by Gasteiger charge is 2.37. The molecule has 7 heteroatoms. The van der Waals surface area contributed by atoms with E-state index in [0.29, 0.717) is 17.1 Å². The molecule has 6 nitrogen and oxygen atoms in total. The molecule has 0 bridgehead atoms. The molecule has 0 saturated heterocycles. The molecule has 0 aromatic heterocycles. The highest BCUT2D eigenvalue weighted by molar-refractivity contribution is 7.92. The molecule has 0 radical (unpaired) electrons. The van der Waals surface area contributed by atoms with Crippen LogP contribution in [0.15, 0.2) is 77.7 Å². The fourth-order valence-electron chi connectivity index (χ4n) is 3.37. The first-order chi connectivity index (χ1) is 14.4. The average molecular weight is 423 g/mol. The second-order valence-electron chi connectivity index (χ2n) is 7.23. The van der Waals surface area contributed by atoms with Crippen LogP contribution >= 0.6 is 0 Å². The Labute approximate surface area is 176 Å². The third-order valence-electron chi connectivity index (χ3n) is 5.01. The molecule has 1 atom stereocenters. The van der Waals surface area contributed by atoms with Crippen molar-refractivity contribution in [1.82, 2.24) is 0 Å². The van der Waals surface area contributed by atoms with Gasteiger partial charge in [-0.2, -0.15) is 0 Å². The molecule has 4 rings (SSSR count). The Morgan fingerprint density at radius 2 is 1.70 bits per heavy atom. The molecule has 3 aromatic rings. The predicted molar refractivity (Wildman–Crippen MR) is 116 cm³/mol. The van der Waals surface area contributed by atoms with Crippen molar-refractivity contribution in [3.8, 4) is 5.75 Å². The van der Waals surface area contributed by atoms with Gasteiger partial charge in [-0.3, -0.25) is 9.10 Å². The van der Waals surface area contributed by atoms with Crippen LogP contribution in [0.4, 0.5) is 11.4 Å². The maximum atomic E-state index is 13.3. The van der Waals surface area contributed by atoms with Gasteiger partial charge < -0.3 is 10.1 Å². The number of nitrogens with zero attached hydrogens (tertiary/aromatic N) is 1. The molecule has 0 spiro atoms. The van der Waals surface area contributed by atoms with Crippen molar-refractivity contribution in [3.63, 3.8) is 0 Å². The number of sulfonamides is 1. The molecule has 1 aliphatic rings. The Morgan fingerprint density at radius 3 is 2.47 bits per heavy atom. The number of ether oxygens (including phenoxy) is 1. The number of carbonyl (C=O) groups is 1. The maximum absolute atomic E-state index is 13.3. The SMILES string of the molecule is Cc1ccc(C)c(NC(=O)[C@@H]2CN(S(=O)(=O)c3ccccc3)c3ccccc3O2)c1. The molecule has 0 saturated carbocycles. The first-order valence-electron chi connectivity index (χ1n) is 9.58. The molecule has 1 heterocycles. The molecular weight excluding hydrogens is 400 g/mol. The number of benzene rings is 3. The van der Waals surface area contributed by atoms with E-state index in [1.807, 2.05) is 32.0 Å². The molecule has 154 valence electrons. The molecule has 0 aliphatic carbocycles. The number of hydrogen-bond acceptors (Lipinski definition) is 4. The van der Waals surface area contributed by atoms with Gasteiger partial charge in [-0.15, -0.1) is 0 Å². The topological polar surface area (TPSA) is 75.7 Å². The van der Waals surface area contributed by atoms with Crippen molar-refractivity contribution in [3.05, 3.63) is 83.9 Å². The Kier molecular flexibility index (Phi) is 5.22. The van der Waals surface area contributed by atoms with Crippen LogP contribution in [0.1, 0.15) is 11.1 Å². The summed E-state index contributed by atoms with van der Waals surface area (Å²) >= 11 is 0. The van der Waals surface area contributed by atoms with Crippen molar-refractivity contribution in [1.29, 1.82) is 0 Å². The number of anilines is 2. The summed E-state index contributed by atoms with van der Waals surface area (Å²) in [6.07, 6.45) is -0.988. The van der Waals surface area contributed by atoms with Gasteiger partial charge in [-0.25, -0.2) is 8.42 Å². The van der Waals surface area contributed by atoms with Crippen molar-refractivity contribution in [2.45, 2.75) is 24.8 Å². The lowest BCUT2D eigenvalue weighted by Gasteiger charge is -2.34. The van der Waals surface area contributed by atoms with E-state index >= 15 is 0 Å². The minimum absolute atomic E-state index is 0.120. The summed E-state index contributed by atoms with van der Waals surface area (Å²) in [6.45, 7) is 3.72. The van der Waals surface area contributed by atoms with Gasteiger partial charge in [0.15, 0.2) is 6.10 Å². The lowest BCUT2D eigenvalue weighted by atomic mass is 10.1. The quantitative estimate of drug-likeness (QED) is 0.692. The fraction of sp³-hybridized carbons (Fsp3) is 0.174. The highest BCUT2D eigenvalue weighted by Crippen LogP contribution is 2.37. The predicted octanol–water partition coefficient (Wildman–Crippen LogP) is 3.90. The van der Waals surface area contributed by atoms with Crippen LogP contribution in [0.3, 0.4) is 0 Å². The minimum Gasteiger partial charge on any atom is -0.476 e. The van der Waals surface area contributed by atoms with Crippen molar-refractivity contribution in [2.75, 3.05) is 16.2 Å². The van der Waals surface area contributed by atoms with E-state index in [-0.39, 0.29) is 11.4 Å². The number of hydrogen-bond donors (Lipinski definition) is 1. The highest BCUT2D eigenvalue weighted by atomic mass is 32.2. The molecule has 30 heavy (non-hydrogen) atoms. The van der Waals surface area contributed by atoms with E-state index in [1.165, 1.54) is 4.31 Å². The summed E-state index contributed by atoms with van der Waals surface area (Å²) in [6, 6.07) is 20.8. The van der Waals surface area contributed by atoms with Gasteiger partial charge in [0.05, 0.1) is 17.1 Å². The number of amides is 1. The lowest BCUT2D eigenvalue weighted by Crippen LogP contribution is -2.48. The molecule has 3 aromatic carbocycles. The molecule has 1 N–H and O–H groups in total. The third-order valence-corrected chi connectivity index (χ3v) is 6.80. The number of aryl methyl sites for hydroxylation is 2. The molecule has 0 unspecified atom stereocenters. The Hall–Kier alpha value is -3.32. The molecule has 1 amide bonds. The van der Waals surface area contributed by atoms with Crippen molar-refractivity contribution < 1.29 is 17.9 Å². The van der Waals surface area contributed by atoms with E-state index in [4.69, 9.17) is 4.74 Å². The lowest BCUT2D eigenvalue weighted by molar-refractivity contribution is -0.122. The van der Waals surface area contributed by atoms with Gasteiger partial charge in [-0.05, 0) is 55.3 Å². The fourth-order valence-corrected chi connectivity index (χ4v) is 4.87. The number of nitrogens with one attached hydrogen (secondary N) is 1. The normalized spacial score (nSPS) is 15.8. The van der Waals surface area contributed by atoms with E-state index in [2.05, 4.69) is 5.32 Å². The van der Waals surface area contributed by atoms with Crippen LogP contribution in [0, 0.1) is 13.8 Å². The van der Waals surface area contributed by atoms with Crippen LogP contribution in [0.5, 0.6) is 5.75 Å². The summed E-state index contributed by atoms with van der Waals surface area (Å²) in [5.74, 6) is -0.0455. The van der Waals surface area contributed by atoms with Crippen LogP contribution < -0.4 is 14.4 Å². The van der Waals surface area contributed by atoms with Crippen molar-refractivity contribution >= 4 is 27.3 Å². The zero-order valence-corrected chi connectivity index (χ0v) is 17.5. The van der Waals surface area contributed by atoms with Crippen LogP contribution in [-0.4, -0.2) is 27.0 Å². The zero-order chi connectivity index (χ0) is 21.3. The number of para-hydroxylation sites is 2. The third kappa shape index (κ3) is 3.76. The van der Waals surface area contributed by atoms with E-state index in [0.717, 1.165) is 11.1 Å².